The second-order valence-corrected chi connectivity index (χ2v) is 11.3. The first-order valence-electron chi connectivity index (χ1n) is 15.0. The summed E-state index contributed by atoms with van der Waals surface area (Å²) in [6, 6.07) is 10.7. The van der Waals surface area contributed by atoms with Crippen molar-refractivity contribution < 1.29 is 33.3 Å². The van der Waals surface area contributed by atoms with Crippen LogP contribution in [0.2, 0.25) is 5.02 Å². The summed E-state index contributed by atoms with van der Waals surface area (Å²) in [6.45, 7) is 5.00. The summed E-state index contributed by atoms with van der Waals surface area (Å²) < 4.78 is 27.8. The number of hydrogen-bond donors (Lipinski definition) is 2. The smallest absolute Gasteiger partial charge is 0.336 e. The highest BCUT2D eigenvalue weighted by Gasteiger charge is 2.40. The molecule has 0 bridgehead atoms. The predicted molar refractivity (Wildman–Crippen MR) is 174 cm³/mol. The molecule has 46 heavy (non-hydrogen) atoms. The molecule has 0 amide bonds. The Morgan fingerprint density at radius 3 is 2.37 bits per heavy atom. The number of anilines is 2. The Morgan fingerprint density at radius 2 is 1.72 bits per heavy atom. The Labute approximate surface area is 272 Å². The molecule has 1 fully saturated rings. The Hall–Kier alpha value is -4.55. The Kier molecular flexibility index (Phi) is 10.2. The van der Waals surface area contributed by atoms with Gasteiger partial charge in [0.25, 0.3) is 0 Å². The fourth-order valence-corrected chi connectivity index (χ4v) is 6.14. The molecule has 13 heteroatoms. The van der Waals surface area contributed by atoms with E-state index in [1.165, 1.54) is 7.11 Å². The summed E-state index contributed by atoms with van der Waals surface area (Å²) in [4.78, 5) is 37.9. The maximum atomic E-state index is 13.5. The fraction of sp³-hybridized carbons (Fsp3) is 0.394. The summed E-state index contributed by atoms with van der Waals surface area (Å²) in [7, 11) is 4.44. The number of allylic oxidation sites excluding steroid dienone is 1. The van der Waals surface area contributed by atoms with Crippen molar-refractivity contribution in [1.82, 2.24) is 15.3 Å². The Bertz CT molecular complexity index is 1700. The number of fused-ring (bicyclic) bond motifs is 1. The van der Waals surface area contributed by atoms with E-state index in [4.69, 9.17) is 46.0 Å². The molecule has 3 heterocycles. The van der Waals surface area contributed by atoms with Crippen molar-refractivity contribution in [2.45, 2.75) is 38.7 Å². The molecule has 1 aromatic heterocycles. The minimum absolute atomic E-state index is 0.0899. The van der Waals surface area contributed by atoms with Crippen molar-refractivity contribution in [2.75, 3.05) is 58.3 Å². The lowest BCUT2D eigenvalue weighted by molar-refractivity contribution is -0.139. The van der Waals surface area contributed by atoms with Crippen LogP contribution in [0.3, 0.4) is 0 Å². The molecule has 0 spiro atoms. The number of ether oxygens (including phenoxy) is 5. The number of nitrogens with one attached hydrogen (secondary N) is 1. The van der Waals surface area contributed by atoms with E-state index in [2.05, 4.69) is 15.2 Å². The third kappa shape index (κ3) is 6.54. The van der Waals surface area contributed by atoms with Gasteiger partial charge in [0.2, 0.25) is 5.95 Å². The number of piperidine rings is 1. The Balaban J connectivity index is 1.36. The zero-order valence-electron chi connectivity index (χ0n) is 26.5. The van der Waals surface area contributed by atoms with Crippen LogP contribution >= 0.6 is 11.6 Å². The van der Waals surface area contributed by atoms with Crippen molar-refractivity contribution in [3.05, 3.63) is 69.5 Å². The average molecular weight is 652 g/mol. The maximum absolute atomic E-state index is 13.5. The van der Waals surface area contributed by atoms with Crippen LogP contribution in [-0.4, -0.2) is 75.6 Å². The van der Waals surface area contributed by atoms with Crippen molar-refractivity contribution in [2.24, 2.45) is 0 Å². The number of carbonyl (C=O) groups is 2. The van der Waals surface area contributed by atoms with Crippen molar-refractivity contribution >= 4 is 46.2 Å². The molecule has 3 aromatic rings. The number of dihydropyridines is 1. The van der Waals surface area contributed by atoms with Crippen molar-refractivity contribution in [3.63, 3.8) is 0 Å². The van der Waals surface area contributed by atoms with Gasteiger partial charge in [0.05, 0.1) is 68.9 Å². The summed E-state index contributed by atoms with van der Waals surface area (Å²) in [5.74, 6) is 0.0332. The molecule has 0 saturated carbocycles. The van der Waals surface area contributed by atoms with Gasteiger partial charge in [-0.2, -0.15) is 4.98 Å². The highest BCUT2D eigenvalue weighted by molar-refractivity contribution is 6.31. The van der Waals surface area contributed by atoms with Crippen LogP contribution in [0.5, 0.6) is 11.5 Å². The second kappa shape index (κ2) is 14.3. The molecule has 5 rings (SSSR count). The van der Waals surface area contributed by atoms with E-state index < -0.39 is 17.9 Å². The molecule has 1 unspecified atom stereocenters. The second-order valence-electron chi connectivity index (χ2n) is 10.9. The van der Waals surface area contributed by atoms with Gasteiger partial charge in [-0.25, -0.2) is 14.6 Å². The van der Waals surface area contributed by atoms with Crippen molar-refractivity contribution in [1.29, 1.82) is 0 Å². The highest BCUT2D eigenvalue weighted by Crippen LogP contribution is 2.42. The first kappa shape index (κ1) is 32.8. The third-order valence-electron chi connectivity index (χ3n) is 8.17. The molecule has 2 aromatic carbocycles. The van der Waals surface area contributed by atoms with E-state index in [-0.39, 0.29) is 30.5 Å². The molecule has 244 valence electrons. The highest BCUT2D eigenvalue weighted by atomic mass is 35.5. The molecule has 3 N–H and O–H groups in total. The van der Waals surface area contributed by atoms with E-state index in [9.17, 15) is 9.59 Å². The van der Waals surface area contributed by atoms with Gasteiger partial charge in [-0.05, 0) is 44.4 Å². The van der Waals surface area contributed by atoms with E-state index in [1.54, 1.807) is 64.5 Å². The zero-order valence-corrected chi connectivity index (χ0v) is 27.3. The first-order valence-corrected chi connectivity index (χ1v) is 15.3. The number of nitrogens with two attached hydrogens (primary N) is 1. The SMILES string of the molecule is CCOC(=O)C1=C(COC2CCN(c3nc(N)c4cc(OC)c(OC)cc4n3)CC2)NC(C)=C(C(=O)OC)C1c1ccccc1Cl. The summed E-state index contributed by atoms with van der Waals surface area (Å²) in [5, 5.41) is 4.32. The van der Waals surface area contributed by atoms with Crippen LogP contribution in [0, 0.1) is 0 Å². The maximum Gasteiger partial charge on any atom is 0.336 e. The van der Waals surface area contributed by atoms with Gasteiger partial charge in [0, 0.05) is 35.3 Å². The zero-order chi connectivity index (χ0) is 33.0. The van der Waals surface area contributed by atoms with Gasteiger partial charge in [0.15, 0.2) is 11.5 Å². The largest absolute Gasteiger partial charge is 0.493 e. The molecule has 0 aliphatic carbocycles. The number of carbonyl (C=O) groups excluding carboxylic acids is 2. The van der Waals surface area contributed by atoms with Crippen LogP contribution in [0.1, 0.15) is 38.2 Å². The average Bonchev–Trinajstić information content (AvgIpc) is 3.06. The van der Waals surface area contributed by atoms with Gasteiger partial charge in [-0.15, -0.1) is 0 Å². The van der Waals surface area contributed by atoms with Crippen LogP contribution in [0.4, 0.5) is 11.8 Å². The number of nitrogen functional groups attached to an aromatic ring is 1. The minimum Gasteiger partial charge on any atom is -0.493 e. The number of nitrogens with zero attached hydrogens (tertiary/aromatic N) is 3. The Morgan fingerprint density at radius 1 is 1.02 bits per heavy atom. The van der Waals surface area contributed by atoms with Crippen LogP contribution in [0.25, 0.3) is 10.9 Å². The minimum atomic E-state index is -0.809. The number of aromatic nitrogens is 2. The third-order valence-corrected chi connectivity index (χ3v) is 8.51. The van der Waals surface area contributed by atoms with Gasteiger partial charge < -0.3 is 39.6 Å². The number of methoxy groups -OCH3 is 3. The normalized spacial score (nSPS) is 17.2. The molecule has 2 aliphatic rings. The number of benzene rings is 2. The van der Waals surface area contributed by atoms with E-state index in [1.807, 2.05) is 0 Å². The van der Waals surface area contributed by atoms with Crippen LogP contribution < -0.4 is 25.4 Å². The van der Waals surface area contributed by atoms with Crippen LogP contribution in [-0.2, 0) is 23.8 Å². The van der Waals surface area contributed by atoms with Crippen LogP contribution in [0.15, 0.2) is 58.9 Å². The first-order chi connectivity index (χ1) is 22.2. The molecule has 2 aliphatic heterocycles. The predicted octanol–water partition coefficient (Wildman–Crippen LogP) is 4.52. The van der Waals surface area contributed by atoms with E-state index >= 15 is 0 Å². The summed E-state index contributed by atoms with van der Waals surface area (Å²) in [5.41, 5.74) is 9.14. The quantitative estimate of drug-likeness (QED) is 0.297. The number of halogens is 1. The van der Waals surface area contributed by atoms with Gasteiger partial charge >= 0.3 is 11.9 Å². The molecule has 1 saturated heterocycles. The lowest BCUT2D eigenvalue weighted by Crippen LogP contribution is -2.39. The standard InChI is InChI=1S/C33H38ClN5O7/c1-6-45-32(41)29-24(36-18(2)27(31(40)44-5)28(29)20-9-7-8-10-22(20)34)17-46-19-11-13-39(14-12-19)33-37-23-16-26(43-4)25(42-3)15-21(23)30(35)38-33/h7-10,15-16,19,28,36H,6,11-14,17H2,1-5H3,(H2,35,37,38). The monoisotopic (exact) mass is 651 g/mol. The molecular weight excluding hydrogens is 614 g/mol. The molecule has 12 nitrogen and oxygen atoms in total. The molecule has 1 atom stereocenters. The van der Waals surface area contributed by atoms with Gasteiger partial charge in [0.1, 0.15) is 5.82 Å². The van der Waals surface area contributed by atoms with E-state index in [0.29, 0.717) is 82.1 Å². The summed E-state index contributed by atoms with van der Waals surface area (Å²) in [6.07, 6.45) is 1.26. The lowest BCUT2D eigenvalue weighted by atomic mass is 9.80. The van der Waals surface area contributed by atoms with Gasteiger partial charge in [-0.1, -0.05) is 29.8 Å². The topological polar surface area (TPSA) is 147 Å². The number of rotatable bonds is 10. The lowest BCUT2D eigenvalue weighted by Gasteiger charge is -2.34. The molecular formula is C33H38ClN5O7. The fourth-order valence-electron chi connectivity index (χ4n) is 5.89. The number of hydrogen-bond acceptors (Lipinski definition) is 12. The van der Waals surface area contributed by atoms with E-state index in [0.717, 1.165) is 0 Å². The van der Waals surface area contributed by atoms with Crippen molar-refractivity contribution in [3.8, 4) is 11.5 Å². The number of esters is 2. The summed E-state index contributed by atoms with van der Waals surface area (Å²) >= 11 is 6.61. The van der Waals surface area contributed by atoms with Gasteiger partial charge in [-0.3, -0.25) is 0 Å². The molecule has 0 radical (unpaired) electrons.